The predicted molar refractivity (Wildman–Crippen MR) is 109 cm³/mol. The van der Waals surface area contributed by atoms with Crippen LogP contribution in [-0.4, -0.2) is 18.0 Å². The van der Waals surface area contributed by atoms with E-state index in [2.05, 4.69) is 77.3 Å². The summed E-state index contributed by atoms with van der Waals surface area (Å²) >= 11 is 0. The summed E-state index contributed by atoms with van der Waals surface area (Å²) in [7, 11) is 0. The zero-order chi connectivity index (χ0) is 18.2. The van der Waals surface area contributed by atoms with E-state index in [0.29, 0.717) is 0 Å². The largest absolute Gasteiger partial charge is 0.299 e. The Kier molecular flexibility index (Phi) is 8.76. The van der Waals surface area contributed by atoms with Crippen molar-refractivity contribution in [1.29, 1.82) is 0 Å². The average molecular weight is 330 g/mol. The van der Waals surface area contributed by atoms with Crippen LogP contribution in [0.25, 0.3) is 0 Å². The molecule has 1 nitrogen and oxygen atoms in total. The standard InChI is InChI=1S/C17H29N.C6H10/c1-6-12-18(13-7-2)14-15-8-10-16(11-9-15)17(3,4)5;1-5(2)6-3-4-6/h8-11H,6-7,12-14H2,1-5H3;6H,1,3-4H2,2H3. The molecule has 1 saturated carbocycles. The summed E-state index contributed by atoms with van der Waals surface area (Å²) in [6.45, 7) is 20.7. The number of hydrogen-bond donors (Lipinski definition) is 0. The van der Waals surface area contributed by atoms with Gasteiger partial charge in [0.2, 0.25) is 0 Å². The quantitative estimate of drug-likeness (QED) is 0.511. The lowest BCUT2D eigenvalue weighted by Gasteiger charge is -2.22. The predicted octanol–water partition coefficient (Wildman–Crippen LogP) is 6.58. The number of rotatable bonds is 7. The van der Waals surface area contributed by atoms with Crippen molar-refractivity contribution in [3.63, 3.8) is 0 Å². The highest BCUT2D eigenvalue weighted by Gasteiger charge is 2.20. The van der Waals surface area contributed by atoms with E-state index in [1.165, 1.54) is 55.5 Å². The van der Waals surface area contributed by atoms with Gasteiger partial charge >= 0.3 is 0 Å². The molecule has 0 saturated heterocycles. The van der Waals surface area contributed by atoms with Gasteiger partial charge in [0.05, 0.1) is 0 Å². The van der Waals surface area contributed by atoms with E-state index in [4.69, 9.17) is 0 Å². The van der Waals surface area contributed by atoms with Crippen LogP contribution in [0.15, 0.2) is 36.4 Å². The number of benzene rings is 1. The van der Waals surface area contributed by atoms with E-state index >= 15 is 0 Å². The molecule has 0 aliphatic heterocycles. The van der Waals surface area contributed by atoms with Gasteiger partial charge in [-0.2, -0.15) is 0 Å². The third-order valence-corrected chi connectivity index (χ3v) is 4.58. The van der Waals surface area contributed by atoms with Gasteiger partial charge in [-0.25, -0.2) is 0 Å². The van der Waals surface area contributed by atoms with Crippen LogP contribution in [0.1, 0.15) is 78.4 Å². The van der Waals surface area contributed by atoms with Crippen LogP contribution in [0.3, 0.4) is 0 Å². The Morgan fingerprint density at radius 3 is 1.83 bits per heavy atom. The highest BCUT2D eigenvalue weighted by molar-refractivity contribution is 5.27. The first-order valence-corrected chi connectivity index (χ1v) is 9.75. The van der Waals surface area contributed by atoms with E-state index in [1.54, 1.807) is 0 Å². The SMILES string of the molecule is C=C(C)C1CC1.CCCN(CCC)Cc1ccc(C(C)(C)C)cc1. The molecule has 1 aromatic rings. The second-order valence-corrected chi connectivity index (χ2v) is 8.34. The topological polar surface area (TPSA) is 3.24 Å². The van der Waals surface area contributed by atoms with Gasteiger partial charge in [-0.05, 0) is 68.2 Å². The molecule has 24 heavy (non-hydrogen) atoms. The van der Waals surface area contributed by atoms with Crippen LogP contribution < -0.4 is 0 Å². The Morgan fingerprint density at radius 2 is 1.54 bits per heavy atom. The lowest BCUT2D eigenvalue weighted by molar-refractivity contribution is 0.266. The van der Waals surface area contributed by atoms with Crippen molar-refractivity contribution in [3.8, 4) is 0 Å². The molecule has 1 heteroatoms. The van der Waals surface area contributed by atoms with Crippen molar-refractivity contribution < 1.29 is 0 Å². The second-order valence-electron chi connectivity index (χ2n) is 8.34. The summed E-state index contributed by atoms with van der Waals surface area (Å²) in [4.78, 5) is 2.55. The maximum Gasteiger partial charge on any atom is 0.0233 e. The molecule has 2 rings (SSSR count). The summed E-state index contributed by atoms with van der Waals surface area (Å²) in [5.41, 5.74) is 4.48. The molecular formula is C23H39N. The third kappa shape index (κ3) is 8.15. The smallest absolute Gasteiger partial charge is 0.0233 e. The summed E-state index contributed by atoms with van der Waals surface area (Å²) in [6.07, 6.45) is 5.27. The summed E-state index contributed by atoms with van der Waals surface area (Å²) < 4.78 is 0. The Balaban J connectivity index is 0.000000400. The Morgan fingerprint density at radius 1 is 1.04 bits per heavy atom. The molecule has 0 bridgehead atoms. The Labute approximate surface area is 151 Å². The minimum Gasteiger partial charge on any atom is -0.299 e. The molecule has 0 aromatic heterocycles. The zero-order valence-electron chi connectivity index (χ0n) is 17.0. The van der Waals surface area contributed by atoms with Gasteiger partial charge in [-0.15, -0.1) is 0 Å². The molecule has 0 atom stereocenters. The maximum atomic E-state index is 3.82. The highest BCUT2D eigenvalue weighted by Crippen LogP contribution is 2.34. The molecule has 0 N–H and O–H groups in total. The van der Waals surface area contributed by atoms with E-state index in [9.17, 15) is 0 Å². The maximum absolute atomic E-state index is 3.82. The summed E-state index contributed by atoms with van der Waals surface area (Å²) in [6, 6.07) is 9.15. The molecule has 0 heterocycles. The van der Waals surface area contributed by atoms with Crippen molar-refractivity contribution in [2.24, 2.45) is 5.92 Å². The van der Waals surface area contributed by atoms with Crippen molar-refractivity contribution >= 4 is 0 Å². The minimum absolute atomic E-state index is 0.255. The van der Waals surface area contributed by atoms with E-state index < -0.39 is 0 Å². The van der Waals surface area contributed by atoms with Crippen LogP contribution in [0.2, 0.25) is 0 Å². The molecule has 1 aromatic carbocycles. The molecule has 1 fully saturated rings. The fraction of sp³-hybridized carbons (Fsp3) is 0.652. The van der Waals surface area contributed by atoms with Crippen molar-refractivity contribution in [1.82, 2.24) is 4.90 Å². The van der Waals surface area contributed by atoms with Gasteiger partial charge in [0.15, 0.2) is 0 Å². The lowest BCUT2D eigenvalue weighted by atomic mass is 9.87. The Hall–Kier alpha value is -1.08. The molecular weight excluding hydrogens is 290 g/mol. The van der Waals surface area contributed by atoms with Gasteiger partial charge in [0.25, 0.3) is 0 Å². The fourth-order valence-corrected chi connectivity index (χ4v) is 2.85. The number of nitrogens with zero attached hydrogens (tertiary/aromatic N) is 1. The number of allylic oxidation sites excluding steroid dienone is 1. The molecule has 0 amide bonds. The van der Waals surface area contributed by atoms with Crippen LogP contribution in [0, 0.1) is 5.92 Å². The van der Waals surface area contributed by atoms with Gasteiger partial charge in [-0.1, -0.05) is 71.0 Å². The molecule has 0 spiro atoms. The average Bonchev–Trinajstić information content (AvgIpc) is 3.33. The molecule has 0 radical (unpaired) electrons. The first-order valence-electron chi connectivity index (χ1n) is 9.75. The van der Waals surface area contributed by atoms with Gasteiger partial charge < -0.3 is 0 Å². The molecule has 136 valence electrons. The van der Waals surface area contributed by atoms with Crippen LogP contribution in [-0.2, 0) is 12.0 Å². The normalized spacial score (nSPS) is 14.3. The highest BCUT2D eigenvalue weighted by atomic mass is 15.1. The van der Waals surface area contributed by atoms with Crippen molar-refractivity contribution in [2.75, 3.05) is 13.1 Å². The first-order chi connectivity index (χ1) is 11.3. The molecule has 1 aliphatic carbocycles. The third-order valence-electron chi connectivity index (χ3n) is 4.58. The Bertz CT molecular complexity index is 468. The van der Waals surface area contributed by atoms with Gasteiger partial charge in [0.1, 0.15) is 0 Å². The second kappa shape index (κ2) is 10.0. The molecule has 0 unspecified atom stereocenters. The number of hydrogen-bond acceptors (Lipinski definition) is 1. The summed E-state index contributed by atoms with van der Waals surface area (Å²) in [5.74, 6) is 0.907. The van der Waals surface area contributed by atoms with E-state index in [-0.39, 0.29) is 5.41 Å². The van der Waals surface area contributed by atoms with Crippen molar-refractivity contribution in [2.45, 2.75) is 79.2 Å². The fourth-order valence-electron chi connectivity index (χ4n) is 2.85. The first kappa shape index (κ1) is 21.0. The van der Waals surface area contributed by atoms with Crippen LogP contribution >= 0.6 is 0 Å². The monoisotopic (exact) mass is 329 g/mol. The van der Waals surface area contributed by atoms with E-state index in [1.807, 2.05) is 0 Å². The minimum atomic E-state index is 0.255. The van der Waals surface area contributed by atoms with Crippen LogP contribution in [0.5, 0.6) is 0 Å². The molecule has 1 aliphatic rings. The zero-order valence-corrected chi connectivity index (χ0v) is 17.0. The van der Waals surface area contributed by atoms with E-state index in [0.717, 1.165) is 12.5 Å². The van der Waals surface area contributed by atoms with Crippen molar-refractivity contribution in [3.05, 3.63) is 47.5 Å². The van der Waals surface area contributed by atoms with Gasteiger partial charge in [0, 0.05) is 6.54 Å². The van der Waals surface area contributed by atoms with Crippen LogP contribution in [0.4, 0.5) is 0 Å². The van der Waals surface area contributed by atoms with Gasteiger partial charge in [-0.3, -0.25) is 4.90 Å². The lowest BCUT2D eigenvalue weighted by Crippen LogP contribution is -2.24. The summed E-state index contributed by atoms with van der Waals surface area (Å²) in [5, 5.41) is 0.